The number of aromatic nitrogens is 1. The van der Waals surface area contributed by atoms with Crippen molar-refractivity contribution >= 4 is 17.6 Å². The minimum atomic E-state index is -0.0179. The van der Waals surface area contributed by atoms with Crippen molar-refractivity contribution in [3.05, 3.63) is 42.2 Å². The van der Waals surface area contributed by atoms with Gasteiger partial charge in [-0.3, -0.25) is 4.98 Å². The van der Waals surface area contributed by atoms with Gasteiger partial charge in [-0.25, -0.2) is 0 Å². The van der Waals surface area contributed by atoms with E-state index in [0.29, 0.717) is 18.9 Å². The van der Waals surface area contributed by atoms with Gasteiger partial charge in [-0.1, -0.05) is 16.9 Å². The van der Waals surface area contributed by atoms with Crippen molar-refractivity contribution in [2.24, 2.45) is 10.9 Å². The second kappa shape index (κ2) is 5.92. The molecule has 3 N–H and O–H groups in total. The van der Waals surface area contributed by atoms with Crippen molar-refractivity contribution in [1.82, 2.24) is 4.98 Å². The summed E-state index contributed by atoms with van der Waals surface area (Å²) >= 11 is 1.46. The molecule has 21 heavy (non-hydrogen) atoms. The van der Waals surface area contributed by atoms with Crippen LogP contribution in [0, 0.1) is 0 Å². The molecule has 2 aromatic rings. The van der Waals surface area contributed by atoms with Gasteiger partial charge in [0.05, 0.1) is 0 Å². The molecule has 7 heteroatoms. The number of pyridine rings is 1. The van der Waals surface area contributed by atoms with E-state index in [1.165, 1.54) is 11.8 Å². The van der Waals surface area contributed by atoms with E-state index >= 15 is 0 Å². The smallest absolute Gasteiger partial charge is 0.189 e. The number of ether oxygens (including phenoxy) is 2. The molecule has 108 valence electrons. The van der Waals surface area contributed by atoms with Gasteiger partial charge in [0.25, 0.3) is 0 Å². The van der Waals surface area contributed by atoms with E-state index in [-0.39, 0.29) is 5.84 Å². The molecule has 0 unspecified atom stereocenters. The van der Waals surface area contributed by atoms with Crippen molar-refractivity contribution < 1.29 is 14.7 Å². The lowest BCUT2D eigenvalue weighted by molar-refractivity contribution is 0.171. The third-order valence-electron chi connectivity index (χ3n) is 2.86. The normalized spacial score (nSPS) is 14.0. The maximum atomic E-state index is 8.81. The van der Waals surface area contributed by atoms with Gasteiger partial charge >= 0.3 is 0 Å². The summed E-state index contributed by atoms with van der Waals surface area (Å²) in [6, 6.07) is 9.37. The second-order valence-electron chi connectivity index (χ2n) is 4.24. The molecular weight excluding hydrogens is 290 g/mol. The summed E-state index contributed by atoms with van der Waals surface area (Å²) in [5.41, 5.74) is 6.08. The number of benzene rings is 1. The van der Waals surface area contributed by atoms with E-state index in [1.807, 2.05) is 24.3 Å². The Labute approximate surface area is 125 Å². The van der Waals surface area contributed by atoms with E-state index in [0.717, 1.165) is 21.3 Å². The first-order valence-corrected chi connectivity index (χ1v) is 7.10. The summed E-state index contributed by atoms with van der Waals surface area (Å²) < 4.78 is 11.0. The third-order valence-corrected chi connectivity index (χ3v) is 3.90. The highest BCUT2D eigenvalue weighted by molar-refractivity contribution is 7.99. The summed E-state index contributed by atoms with van der Waals surface area (Å²) in [6.07, 6.45) is 1.60. The topological polar surface area (TPSA) is 90.0 Å². The van der Waals surface area contributed by atoms with Crippen LogP contribution >= 0.6 is 11.8 Å². The first kappa shape index (κ1) is 13.6. The standard InChI is InChI=1S/C14H13N3O3S/c15-14(17-18)13-12(2-1-5-16-13)21-9-3-4-10-11(8-9)20-7-6-19-10/h1-5,8,18H,6-7H2,(H2,15,17). The van der Waals surface area contributed by atoms with Crippen LogP contribution in [-0.2, 0) is 0 Å². The van der Waals surface area contributed by atoms with Crippen LogP contribution in [-0.4, -0.2) is 29.2 Å². The number of hydrogen-bond donors (Lipinski definition) is 2. The van der Waals surface area contributed by atoms with Crippen LogP contribution in [0.1, 0.15) is 5.69 Å². The summed E-state index contributed by atoms with van der Waals surface area (Å²) in [7, 11) is 0. The van der Waals surface area contributed by atoms with Crippen LogP contribution < -0.4 is 15.2 Å². The minimum Gasteiger partial charge on any atom is -0.486 e. The van der Waals surface area contributed by atoms with Crippen LogP contribution in [0.5, 0.6) is 11.5 Å². The highest BCUT2D eigenvalue weighted by Crippen LogP contribution is 2.37. The molecule has 1 aromatic heterocycles. The summed E-state index contributed by atoms with van der Waals surface area (Å²) in [5, 5.41) is 11.8. The Morgan fingerprint density at radius 3 is 2.86 bits per heavy atom. The summed E-state index contributed by atoms with van der Waals surface area (Å²) in [4.78, 5) is 5.89. The van der Waals surface area contributed by atoms with E-state index < -0.39 is 0 Å². The minimum absolute atomic E-state index is 0.0179. The van der Waals surface area contributed by atoms with Crippen molar-refractivity contribution in [2.75, 3.05) is 13.2 Å². The largest absolute Gasteiger partial charge is 0.486 e. The van der Waals surface area contributed by atoms with Crippen molar-refractivity contribution in [1.29, 1.82) is 0 Å². The molecule has 1 aromatic carbocycles. The second-order valence-corrected chi connectivity index (χ2v) is 5.36. The molecule has 0 fully saturated rings. The zero-order chi connectivity index (χ0) is 14.7. The van der Waals surface area contributed by atoms with Gasteiger partial charge in [-0.15, -0.1) is 0 Å². The van der Waals surface area contributed by atoms with E-state index in [4.69, 9.17) is 20.4 Å². The zero-order valence-corrected chi connectivity index (χ0v) is 11.8. The number of fused-ring (bicyclic) bond motifs is 1. The average Bonchev–Trinajstić information content (AvgIpc) is 2.54. The lowest BCUT2D eigenvalue weighted by Gasteiger charge is -2.18. The van der Waals surface area contributed by atoms with Crippen LogP contribution in [0.4, 0.5) is 0 Å². The fourth-order valence-corrected chi connectivity index (χ4v) is 2.88. The van der Waals surface area contributed by atoms with E-state index in [2.05, 4.69) is 10.1 Å². The van der Waals surface area contributed by atoms with Gasteiger partial charge in [-0.2, -0.15) is 0 Å². The fraction of sp³-hybridized carbons (Fsp3) is 0.143. The number of nitrogens with zero attached hydrogens (tertiary/aromatic N) is 2. The van der Waals surface area contributed by atoms with Gasteiger partial charge in [0.2, 0.25) is 0 Å². The SMILES string of the molecule is N/C(=N/O)c1ncccc1Sc1ccc2c(c1)OCCO2. The van der Waals surface area contributed by atoms with Gasteiger partial charge in [0.15, 0.2) is 17.3 Å². The highest BCUT2D eigenvalue weighted by atomic mass is 32.2. The Hall–Kier alpha value is -2.41. The lowest BCUT2D eigenvalue weighted by atomic mass is 10.3. The van der Waals surface area contributed by atoms with Crippen molar-refractivity contribution in [3.8, 4) is 11.5 Å². The monoisotopic (exact) mass is 303 g/mol. The fourth-order valence-electron chi connectivity index (χ4n) is 1.93. The molecule has 2 heterocycles. The lowest BCUT2D eigenvalue weighted by Crippen LogP contribution is -2.16. The van der Waals surface area contributed by atoms with Crippen LogP contribution in [0.15, 0.2) is 51.5 Å². The third kappa shape index (κ3) is 2.87. The summed E-state index contributed by atoms with van der Waals surface area (Å²) in [5.74, 6) is 1.45. The molecule has 1 aliphatic heterocycles. The Morgan fingerprint density at radius 1 is 1.24 bits per heavy atom. The molecule has 0 atom stereocenters. The Kier molecular flexibility index (Phi) is 3.83. The summed E-state index contributed by atoms with van der Waals surface area (Å²) in [6.45, 7) is 1.11. The number of rotatable bonds is 3. The average molecular weight is 303 g/mol. The molecule has 3 rings (SSSR count). The quantitative estimate of drug-likeness (QED) is 0.390. The first-order chi connectivity index (χ1) is 10.3. The Bertz CT molecular complexity index is 691. The van der Waals surface area contributed by atoms with Gasteiger partial charge in [-0.05, 0) is 30.3 Å². The van der Waals surface area contributed by atoms with Crippen LogP contribution in [0.25, 0.3) is 0 Å². The van der Waals surface area contributed by atoms with E-state index in [9.17, 15) is 0 Å². The van der Waals surface area contributed by atoms with Crippen LogP contribution in [0.2, 0.25) is 0 Å². The molecule has 1 aliphatic rings. The van der Waals surface area contributed by atoms with Gasteiger partial charge in [0, 0.05) is 16.0 Å². The maximum Gasteiger partial charge on any atom is 0.189 e. The molecule has 0 bridgehead atoms. The Morgan fingerprint density at radius 2 is 2.05 bits per heavy atom. The van der Waals surface area contributed by atoms with Crippen molar-refractivity contribution in [3.63, 3.8) is 0 Å². The van der Waals surface area contributed by atoms with Gasteiger partial charge in [0.1, 0.15) is 18.9 Å². The van der Waals surface area contributed by atoms with E-state index in [1.54, 1.807) is 12.3 Å². The maximum absolute atomic E-state index is 8.81. The molecule has 0 saturated heterocycles. The van der Waals surface area contributed by atoms with Crippen molar-refractivity contribution in [2.45, 2.75) is 9.79 Å². The number of nitrogens with two attached hydrogens (primary N) is 1. The molecule has 0 amide bonds. The number of oxime groups is 1. The predicted octanol–water partition coefficient (Wildman–Crippen LogP) is 2.10. The van der Waals surface area contributed by atoms with Crippen LogP contribution in [0.3, 0.4) is 0 Å². The Balaban J connectivity index is 1.90. The zero-order valence-electron chi connectivity index (χ0n) is 11.0. The molecule has 0 saturated carbocycles. The van der Waals surface area contributed by atoms with Gasteiger partial charge < -0.3 is 20.4 Å². The molecule has 0 aliphatic carbocycles. The molecule has 0 spiro atoms. The first-order valence-electron chi connectivity index (χ1n) is 6.28. The molecule has 6 nitrogen and oxygen atoms in total. The molecular formula is C14H13N3O3S. The number of hydrogen-bond acceptors (Lipinski definition) is 6. The molecule has 0 radical (unpaired) electrons. The predicted molar refractivity (Wildman–Crippen MR) is 78.3 cm³/mol. The highest BCUT2D eigenvalue weighted by Gasteiger charge is 2.14. The number of amidine groups is 1.